The number of ketones is 1. The number of Topliss-reactive ketones (excluding diaryl/α,β-unsaturated/α-hetero) is 1. The molecule has 0 spiro atoms. The molecule has 1 rings (SSSR count). The largest absolute Gasteiger partial charge is 0.294 e. The molecule has 0 aliphatic heterocycles. The fourth-order valence-corrected chi connectivity index (χ4v) is 2.09. The summed E-state index contributed by atoms with van der Waals surface area (Å²) in [5.74, 6) is 0.224. The molecule has 0 heterocycles. The van der Waals surface area contributed by atoms with E-state index in [1.807, 2.05) is 19.1 Å². The summed E-state index contributed by atoms with van der Waals surface area (Å²) in [6.07, 6.45) is 6.53. The highest BCUT2D eigenvalue weighted by molar-refractivity contribution is 6.31. The molecule has 0 aliphatic carbocycles. The van der Waals surface area contributed by atoms with Crippen LogP contribution in [0, 0.1) is 6.92 Å². The van der Waals surface area contributed by atoms with Gasteiger partial charge in [0, 0.05) is 17.0 Å². The molecular formula is C15H21ClO. The number of benzene rings is 1. The SMILES string of the molecule is CCCCCCCC(=O)c1cc(Cl)ccc1C. The Hall–Kier alpha value is -0.820. The van der Waals surface area contributed by atoms with Gasteiger partial charge in [-0.25, -0.2) is 0 Å². The Morgan fingerprint density at radius 3 is 2.59 bits per heavy atom. The van der Waals surface area contributed by atoms with Gasteiger partial charge < -0.3 is 0 Å². The molecule has 0 unspecified atom stereocenters. The van der Waals surface area contributed by atoms with Crippen molar-refractivity contribution in [3.63, 3.8) is 0 Å². The molecule has 0 aromatic heterocycles. The maximum atomic E-state index is 12.0. The van der Waals surface area contributed by atoms with Crippen molar-refractivity contribution in [2.75, 3.05) is 0 Å². The third kappa shape index (κ3) is 4.91. The zero-order valence-electron chi connectivity index (χ0n) is 10.8. The fourth-order valence-electron chi connectivity index (χ4n) is 1.92. The number of hydrogen-bond acceptors (Lipinski definition) is 1. The van der Waals surface area contributed by atoms with Gasteiger partial charge >= 0.3 is 0 Å². The van der Waals surface area contributed by atoms with Crippen molar-refractivity contribution < 1.29 is 4.79 Å². The zero-order valence-corrected chi connectivity index (χ0v) is 11.5. The van der Waals surface area contributed by atoms with E-state index in [2.05, 4.69) is 6.92 Å². The van der Waals surface area contributed by atoms with Crippen molar-refractivity contribution in [1.29, 1.82) is 0 Å². The second kappa shape index (κ2) is 7.50. The van der Waals surface area contributed by atoms with E-state index >= 15 is 0 Å². The molecule has 0 bridgehead atoms. The first-order valence-corrected chi connectivity index (χ1v) is 6.82. The maximum Gasteiger partial charge on any atom is 0.163 e. The van der Waals surface area contributed by atoms with E-state index in [4.69, 9.17) is 11.6 Å². The van der Waals surface area contributed by atoms with Gasteiger partial charge in [0.25, 0.3) is 0 Å². The van der Waals surface area contributed by atoms with E-state index < -0.39 is 0 Å². The predicted molar refractivity (Wildman–Crippen MR) is 73.9 cm³/mol. The molecule has 0 amide bonds. The van der Waals surface area contributed by atoms with Gasteiger partial charge in [0.05, 0.1) is 0 Å². The van der Waals surface area contributed by atoms with Gasteiger partial charge in [-0.15, -0.1) is 0 Å². The Labute approximate surface area is 109 Å². The first-order valence-electron chi connectivity index (χ1n) is 6.44. The van der Waals surface area contributed by atoms with Crippen LogP contribution in [0.25, 0.3) is 0 Å². The maximum absolute atomic E-state index is 12.0. The minimum absolute atomic E-state index is 0.224. The van der Waals surface area contributed by atoms with Gasteiger partial charge in [-0.05, 0) is 31.0 Å². The van der Waals surface area contributed by atoms with Crippen LogP contribution in [0.3, 0.4) is 0 Å². The lowest BCUT2D eigenvalue weighted by Gasteiger charge is -2.05. The monoisotopic (exact) mass is 252 g/mol. The van der Waals surface area contributed by atoms with Crippen LogP contribution in [0.4, 0.5) is 0 Å². The van der Waals surface area contributed by atoms with Crippen molar-refractivity contribution >= 4 is 17.4 Å². The van der Waals surface area contributed by atoms with Gasteiger partial charge in [0.15, 0.2) is 5.78 Å². The summed E-state index contributed by atoms with van der Waals surface area (Å²) in [6, 6.07) is 5.52. The first kappa shape index (κ1) is 14.2. The normalized spacial score (nSPS) is 10.5. The van der Waals surface area contributed by atoms with E-state index in [-0.39, 0.29) is 5.78 Å². The quantitative estimate of drug-likeness (QED) is 0.482. The lowest BCUT2D eigenvalue weighted by molar-refractivity contribution is 0.0978. The second-order valence-electron chi connectivity index (χ2n) is 4.55. The van der Waals surface area contributed by atoms with E-state index in [1.165, 1.54) is 19.3 Å². The standard InChI is InChI=1S/C15H21ClO/c1-3-4-5-6-7-8-15(17)14-11-13(16)10-9-12(14)2/h9-11H,3-8H2,1-2H3. The Kier molecular flexibility index (Phi) is 6.28. The van der Waals surface area contributed by atoms with Gasteiger partial charge in [-0.2, -0.15) is 0 Å². The predicted octanol–water partition coefficient (Wildman–Crippen LogP) is 5.19. The van der Waals surface area contributed by atoms with Crippen LogP contribution >= 0.6 is 11.6 Å². The Morgan fingerprint density at radius 2 is 1.88 bits per heavy atom. The summed E-state index contributed by atoms with van der Waals surface area (Å²) in [4.78, 5) is 12.0. The summed E-state index contributed by atoms with van der Waals surface area (Å²) >= 11 is 5.91. The molecular weight excluding hydrogens is 232 g/mol. The van der Waals surface area contributed by atoms with Crippen LogP contribution in [0.1, 0.15) is 61.4 Å². The first-order chi connectivity index (χ1) is 8.15. The molecule has 0 saturated carbocycles. The highest BCUT2D eigenvalue weighted by atomic mass is 35.5. The zero-order chi connectivity index (χ0) is 12.7. The van der Waals surface area contributed by atoms with E-state index in [1.54, 1.807) is 6.07 Å². The summed E-state index contributed by atoms with van der Waals surface area (Å²) in [6.45, 7) is 4.15. The van der Waals surface area contributed by atoms with Crippen molar-refractivity contribution in [3.8, 4) is 0 Å². The van der Waals surface area contributed by atoms with Crippen LogP contribution in [-0.4, -0.2) is 5.78 Å². The second-order valence-corrected chi connectivity index (χ2v) is 4.98. The minimum Gasteiger partial charge on any atom is -0.294 e. The molecule has 0 saturated heterocycles. The topological polar surface area (TPSA) is 17.1 Å². The Morgan fingerprint density at radius 1 is 1.18 bits per heavy atom. The van der Waals surface area contributed by atoms with Crippen molar-refractivity contribution in [2.24, 2.45) is 0 Å². The van der Waals surface area contributed by atoms with Gasteiger partial charge in [-0.3, -0.25) is 4.79 Å². The molecule has 1 aromatic rings. The number of hydrogen-bond donors (Lipinski definition) is 0. The molecule has 17 heavy (non-hydrogen) atoms. The highest BCUT2D eigenvalue weighted by Gasteiger charge is 2.09. The highest BCUT2D eigenvalue weighted by Crippen LogP contribution is 2.18. The van der Waals surface area contributed by atoms with Crippen molar-refractivity contribution in [3.05, 3.63) is 34.3 Å². The lowest BCUT2D eigenvalue weighted by Crippen LogP contribution is -2.01. The molecule has 0 aliphatic rings. The molecule has 0 fully saturated rings. The molecule has 0 N–H and O–H groups in total. The summed E-state index contributed by atoms with van der Waals surface area (Å²) in [5.41, 5.74) is 1.81. The third-order valence-electron chi connectivity index (χ3n) is 3.01. The number of carbonyl (C=O) groups is 1. The van der Waals surface area contributed by atoms with Gasteiger partial charge in [0.2, 0.25) is 0 Å². The summed E-state index contributed by atoms with van der Waals surface area (Å²) in [7, 11) is 0. The van der Waals surface area contributed by atoms with E-state index in [9.17, 15) is 4.79 Å². The molecule has 94 valence electrons. The molecule has 0 radical (unpaired) electrons. The van der Waals surface area contributed by atoms with Crippen LogP contribution in [-0.2, 0) is 0 Å². The fraction of sp³-hybridized carbons (Fsp3) is 0.533. The summed E-state index contributed by atoms with van der Waals surface area (Å²) in [5, 5.41) is 0.643. The van der Waals surface area contributed by atoms with E-state index in [0.29, 0.717) is 11.4 Å². The Balaban J connectivity index is 2.44. The molecule has 0 atom stereocenters. The molecule has 2 heteroatoms. The van der Waals surface area contributed by atoms with Crippen LogP contribution < -0.4 is 0 Å². The van der Waals surface area contributed by atoms with Crippen molar-refractivity contribution in [1.82, 2.24) is 0 Å². The van der Waals surface area contributed by atoms with Crippen LogP contribution in [0.2, 0.25) is 5.02 Å². The number of halogens is 1. The van der Waals surface area contributed by atoms with Crippen LogP contribution in [0.15, 0.2) is 18.2 Å². The number of carbonyl (C=O) groups excluding carboxylic acids is 1. The van der Waals surface area contributed by atoms with Gasteiger partial charge in [-0.1, -0.05) is 50.3 Å². The minimum atomic E-state index is 0.224. The molecule has 1 aromatic carbocycles. The summed E-state index contributed by atoms with van der Waals surface area (Å²) < 4.78 is 0. The van der Waals surface area contributed by atoms with Crippen molar-refractivity contribution in [2.45, 2.75) is 52.4 Å². The molecule has 1 nitrogen and oxygen atoms in total. The number of aryl methyl sites for hydroxylation is 1. The lowest BCUT2D eigenvalue weighted by atomic mass is 10.00. The van der Waals surface area contributed by atoms with Gasteiger partial charge in [0.1, 0.15) is 0 Å². The average molecular weight is 253 g/mol. The number of unbranched alkanes of at least 4 members (excludes halogenated alkanes) is 4. The smallest absolute Gasteiger partial charge is 0.163 e. The third-order valence-corrected chi connectivity index (χ3v) is 3.24. The van der Waals surface area contributed by atoms with Crippen LogP contribution in [0.5, 0.6) is 0 Å². The Bertz CT molecular complexity index is 371. The number of rotatable bonds is 7. The van der Waals surface area contributed by atoms with E-state index in [0.717, 1.165) is 24.0 Å². The average Bonchev–Trinajstić information content (AvgIpc) is 2.32.